The molecule has 6 nitrogen and oxygen atoms in total. The summed E-state index contributed by atoms with van der Waals surface area (Å²) in [6.07, 6.45) is 8.07. The molecule has 3 rings (SSSR count). The number of ether oxygens (including phenoxy) is 1. The molecule has 0 aliphatic carbocycles. The highest BCUT2D eigenvalue weighted by atomic mass is 16.5. The van der Waals surface area contributed by atoms with E-state index < -0.39 is 0 Å². The molecule has 6 heteroatoms. The second-order valence-corrected chi connectivity index (χ2v) is 6.71. The third-order valence-electron chi connectivity index (χ3n) is 5.11. The first-order valence-electron chi connectivity index (χ1n) is 8.78. The van der Waals surface area contributed by atoms with Gasteiger partial charge in [-0.3, -0.25) is 14.4 Å². The molecule has 2 aliphatic heterocycles. The summed E-state index contributed by atoms with van der Waals surface area (Å²) in [7, 11) is 1.92. The van der Waals surface area contributed by atoms with Gasteiger partial charge < -0.3 is 9.64 Å². The van der Waals surface area contributed by atoms with Crippen LogP contribution in [0.15, 0.2) is 18.5 Å². The van der Waals surface area contributed by atoms with Crippen LogP contribution in [-0.4, -0.2) is 71.4 Å². The number of likely N-dealkylation sites (tertiary alicyclic amines) is 1. The lowest BCUT2D eigenvalue weighted by molar-refractivity contribution is -0.136. The van der Waals surface area contributed by atoms with Gasteiger partial charge in [-0.2, -0.15) is 5.10 Å². The van der Waals surface area contributed by atoms with E-state index in [9.17, 15) is 4.79 Å². The maximum absolute atomic E-state index is 12.7. The highest BCUT2D eigenvalue weighted by Crippen LogP contribution is 2.24. The highest BCUT2D eigenvalue weighted by molar-refractivity contribution is 5.78. The Bertz CT molecular complexity index is 485. The molecule has 2 saturated heterocycles. The minimum atomic E-state index is 0.147. The fourth-order valence-electron chi connectivity index (χ4n) is 3.70. The van der Waals surface area contributed by atoms with E-state index in [1.807, 2.05) is 28.9 Å². The molecule has 0 bridgehead atoms. The molecule has 0 N–H and O–H groups in total. The predicted octanol–water partition coefficient (Wildman–Crippen LogP) is 1.23. The molecule has 0 saturated carbocycles. The van der Waals surface area contributed by atoms with Gasteiger partial charge in [0.15, 0.2) is 0 Å². The summed E-state index contributed by atoms with van der Waals surface area (Å²) >= 11 is 0. The molecular formula is C17H28N4O2. The maximum atomic E-state index is 12.7. The molecule has 128 valence electrons. The van der Waals surface area contributed by atoms with E-state index in [2.05, 4.69) is 10.00 Å². The van der Waals surface area contributed by atoms with Gasteiger partial charge in [0.05, 0.1) is 12.5 Å². The average Bonchev–Trinajstić information content (AvgIpc) is 3.13. The van der Waals surface area contributed by atoms with E-state index in [4.69, 9.17) is 4.74 Å². The minimum Gasteiger partial charge on any atom is -0.381 e. The van der Waals surface area contributed by atoms with Crippen molar-refractivity contribution in [1.82, 2.24) is 19.6 Å². The van der Waals surface area contributed by atoms with E-state index in [0.29, 0.717) is 12.6 Å². The van der Waals surface area contributed by atoms with Crippen LogP contribution in [0.2, 0.25) is 0 Å². The Labute approximate surface area is 138 Å². The molecule has 0 radical (unpaired) electrons. The Kier molecular flexibility index (Phi) is 5.67. The number of nitrogens with zero attached hydrogens (tertiary/aromatic N) is 4. The van der Waals surface area contributed by atoms with Crippen molar-refractivity contribution in [2.75, 3.05) is 39.9 Å². The highest BCUT2D eigenvalue weighted by Gasteiger charge is 2.31. The lowest BCUT2D eigenvalue weighted by Crippen LogP contribution is -2.49. The summed E-state index contributed by atoms with van der Waals surface area (Å²) < 4.78 is 7.33. The summed E-state index contributed by atoms with van der Waals surface area (Å²) in [6.45, 7) is 5.24. The Morgan fingerprint density at radius 1 is 1.35 bits per heavy atom. The summed E-state index contributed by atoms with van der Waals surface area (Å²) in [5.41, 5.74) is 0. The van der Waals surface area contributed by atoms with Gasteiger partial charge in [-0.25, -0.2) is 0 Å². The molecule has 3 heterocycles. The molecule has 0 spiro atoms. The Hall–Kier alpha value is -1.40. The van der Waals surface area contributed by atoms with Crippen molar-refractivity contribution < 1.29 is 9.53 Å². The lowest BCUT2D eigenvalue weighted by atomic mass is 9.93. The van der Waals surface area contributed by atoms with Crippen LogP contribution in [0.25, 0.3) is 0 Å². The fraction of sp³-hybridized carbons (Fsp3) is 0.765. The summed E-state index contributed by atoms with van der Waals surface area (Å²) in [5, 5.41) is 4.19. The zero-order valence-electron chi connectivity index (χ0n) is 14.1. The second-order valence-electron chi connectivity index (χ2n) is 6.71. The number of likely N-dealkylation sites (N-methyl/N-ethyl adjacent to an activating group) is 1. The molecule has 1 amide bonds. The minimum absolute atomic E-state index is 0.147. The van der Waals surface area contributed by atoms with E-state index in [0.717, 1.165) is 58.5 Å². The van der Waals surface area contributed by atoms with Crippen LogP contribution in [0, 0.1) is 5.92 Å². The first kappa shape index (κ1) is 16.5. The first-order chi connectivity index (χ1) is 11.2. The SMILES string of the molecule is CN(CCn1cccn1)C(=O)C1CCCN(C2CCOCC2)C1. The summed E-state index contributed by atoms with van der Waals surface area (Å²) in [6, 6.07) is 2.52. The quantitative estimate of drug-likeness (QED) is 0.819. The average molecular weight is 320 g/mol. The smallest absolute Gasteiger partial charge is 0.226 e. The van der Waals surface area contributed by atoms with Crippen LogP contribution in [0.4, 0.5) is 0 Å². The molecule has 2 fully saturated rings. The Morgan fingerprint density at radius 3 is 2.91 bits per heavy atom. The summed E-state index contributed by atoms with van der Waals surface area (Å²) in [4.78, 5) is 17.1. The third kappa shape index (κ3) is 4.32. The van der Waals surface area contributed by atoms with Gasteiger partial charge in [0.2, 0.25) is 5.91 Å². The topological polar surface area (TPSA) is 50.6 Å². The van der Waals surface area contributed by atoms with E-state index >= 15 is 0 Å². The van der Waals surface area contributed by atoms with Crippen LogP contribution in [0.1, 0.15) is 25.7 Å². The molecular weight excluding hydrogens is 292 g/mol. The normalized spacial score (nSPS) is 23.8. The van der Waals surface area contributed by atoms with Crippen molar-refractivity contribution in [1.29, 1.82) is 0 Å². The number of carbonyl (C=O) groups excluding carboxylic acids is 1. The molecule has 23 heavy (non-hydrogen) atoms. The number of rotatable bonds is 5. The number of aromatic nitrogens is 2. The van der Waals surface area contributed by atoms with Crippen molar-refractivity contribution >= 4 is 5.91 Å². The number of piperidine rings is 1. The van der Waals surface area contributed by atoms with Gasteiger partial charge in [0, 0.05) is 51.8 Å². The predicted molar refractivity (Wildman–Crippen MR) is 88.0 cm³/mol. The summed E-state index contributed by atoms with van der Waals surface area (Å²) in [5.74, 6) is 0.433. The number of hydrogen-bond acceptors (Lipinski definition) is 4. The van der Waals surface area contributed by atoms with Gasteiger partial charge >= 0.3 is 0 Å². The molecule has 1 unspecified atom stereocenters. The standard InChI is InChI=1S/C17H28N4O2/c1-19(10-11-21-9-3-7-18-21)17(22)15-4-2-8-20(14-15)16-5-12-23-13-6-16/h3,7,9,15-16H,2,4-6,8,10-14H2,1H3. The first-order valence-corrected chi connectivity index (χ1v) is 8.78. The van der Waals surface area contributed by atoms with Crippen molar-refractivity contribution in [2.45, 2.75) is 38.3 Å². The molecule has 2 aliphatic rings. The Morgan fingerprint density at radius 2 is 2.17 bits per heavy atom. The van der Waals surface area contributed by atoms with Gasteiger partial charge in [-0.05, 0) is 38.3 Å². The van der Waals surface area contributed by atoms with Crippen molar-refractivity contribution in [3.63, 3.8) is 0 Å². The van der Waals surface area contributed by atoms with Crippen LogP contribution < -0.4 is 0 Å². The molecule has 1 aromatic rings. The van der Waals surface area contributed by atoms with Gasteiger partial charge in [0.1, 0.15) is 0 Å². The van der Waals surface area contributed by atoms with E-state index in [-0.39, 0.29) is 11.8 Å². The van der Waals surface area contributed by atoms with Crippen LogP contribution in [-0.2, 0) is 16.1 Å². The number of amides is 1. The monoisotopic (exact) mass is 320 g/mol. The van der Waals surface area contributed by atoms with Crippen molar-refractivity contribution in [3.05, 3.63) is 18.5 Å². The fourth-order valence-corrected chi connectivity index (χ4v) is 3.70. The van der Waals surface area contributed by atoms with Crippen LogP contribution in [0.3, 0.4) is 0 Å². The number of hydrogen-bond donors (Lipinski definition) is 0. The van der Waals surface area contributed by atoms with Crippen molar-refractivity contribution in [3.8, 4) is 0 Å². The largest absolute Gasteiger partial charge is 0.381 e. The second kappa shape index (κ2) is 7.93. The Balaban J connectivity index is 1.49. The van der Waals surface area contributed by atoms with E-state index in [1.165, 1.54) is 0 Å². The van der Waals surface area contributed by atoms with E-state index in [1.54, 1.807) is 6.20 Å². The van der Waals surface area contributed by atoms with Gasteiger partial charge in [0.25, 0.3) is 0 Å². The molecule has 1 aromatic heterocycles. The molecule has 0 aromatic carbocycles. The number of carbonyl (C=O) groups is 1. The van der Waals surface area contributed by atoms with Gasteiger partial charge in [-0.1, -0.05) is 0 Å². The maximum Gasteiger partial charge on any atom is 0.226 e. The zero-order valence-corrected chi connectivity index (χ0v) is 14.1. The van der Waals surface area contributed by atoms with Crippen LogP contribution >= 0.6 is 0 Å². The van der Waals surface area contributed by atoms with Crippen molar-refractivity contribution in [2.24, 2.45) is 5.92 Å². The third-order valence-corrected chi connectivity index (χ3v) is 5.11. The zero-order chi connectivity index (χ0) is 16.1. The molecule has 1 atom stereocenters. The van der Waals surface area contributed by atoms with Crippen LogP contribution in [0.5, 0.6) is 0 Å². The van der Waals surface area contributed by atoms with Gasteiger partial charge in [-0.15, -0.1) is 0 Å². The lowest BCUT2D eigenvalue weighted by Gasteiger charge is -2.40.